The van der Waals surface area contributed by atoms with Crippen molar-refractivity contribution in [1.29, 1.82) is 0 Å². The van der Waals surface area contributed by atoms with E-state index in [0.29, 0.717) is 13.2 Å². The molecule has 1 aliphatic rings. The molecule has 0 aliphatic carbocycles. The average Bonchev–Trinajstić information content (AvgIpc) is 2.35. The molecule has 1 amide bonds. The van der Waals surface area contributed by atoms with Crippen molar-refractivity contribution in [2.24, 2.45) is 0 Å². The van der Waals surface area contributed by atoms with Crippen LogP contribution in [-0.2, 0) is 9.53 Å². The topological polar surface area (TPSA) is 50.4 Å². The number of benzene rings is 1. The molecular weight excluding hydrogens is 296 g/mol. The van der Waals surface area contributed by atoms with Gasteiger partial charge in [-0.3, -0.25) is 4.79 Å². The Morgan fingerprint density at radius 1 is 1.56 bits per heavy atom. The van der Waals surface area contributed by atoms with Crippen molar-refractivity contribution in [2.45, 2.75) is 26.0 Å². The Hall–Kier alpha value is -0.910. The lowest BCUT2D eigenvalue weighted by atomic mass is 10.1. The quantitative estimate of drug-likeness (QED) is 0.879. The van der Waals surface area contributed by atoms with E-state index in [4.69, 9.17) is 4.74 Å². The van der Waals surface area contributed by atoms with Crippen molar-refractivity contribution in [3.05, 3.63) is 28.2 Å². The minimum absolute atomic E-state index is 0.0524. The number of hydrogen-bond donors (Lipinski definition) is 2. The maximum absolute atomic E-state index is 12.2. The van der Waals surface area contributed by atoms with E-state index in [9.17, 15) is 4.79 Å². The highest BCUT2D eigenvalue weighted by Crippen LogP contribution is 2.23. The van der Waals surface area contributed by atoms with Crippen LogP contribution in [0.3, 0.4) is 0 Å². The molecule has 5 heteroatoms. The first kappa shape index (κ1) is 13.5. The highest BCUT2D eigenvalue weighted by Gasteiger charge is 2.28. The highest BCUT2D eigenvalue weighted by molar-refractivity contribution is 9.10. The number of carbonyl (C=O) groups is 1. The van der Waals surface area contributed by atoms with Crippen LogP contribution in [0, 0.1) is 6.92 Å². The smallest absolute Gasteiger partial charge is 0.244 e. The second-order valence-electron chi connectivity index (χ2n) is 4.41. The number of amides is 1. The summed E-state index contributed by atoms with van der Waals surface area (Å²) in [6.45, 7) is 5.23. The highest BCUT2D eigenvalue weighted by atomic mass is 79.9. The normalized spacial score (nSPS) is 23.7. The fraction of sp³-hybridized carbons (Fsp3) is 0.462. The molecule has 0 radical (unpaired) electrons. The SMILES string of the molecule is Cc1c(Br)cccc1NC(=O)[C@H]1NCCO[C@@H]1C. The fourth-order valence-corrected chi connectivity index (χ4v) is 2.35. The van der Waals surface area contributed by atoms with Crippen molar-refractivity contribution >= 4 is 27.5 Å². The van der Waals surface area contributed by atoms with Gasteiger partial charge in [0, 0.05) is 16.7 Å². The van der Waals surface area contributed by atoms with Crippen LogP contribution in [0.15, 0.2) is 22.7 Å². The van der Waals surface area contributed by atoms with E-state index >= 15 is 0 Å². The molecule has 98 valence electrons. The van der Waals surface area contributed by atoms with Gasteiger partial charge in [0.2, 0.25) is 5.91 Å². The van der Waals surface area contributed by atoms with Crippen LogP contribution in [0.25, 0.3) is 0 Å². The molecular formula is C13H17BrN2O2. The molecule has 2 N–H and O–H groups in total. The van der Waals surface area contributed by atoms with Crippen LogP contribution in [0.4, 0.5) is 5.69 Å². The molecule has 0 spiro atoms. The molecule has 4 nitrogen and oxygen atoms in total. The Morgan fingerprint density at radius 2 is 2.33 bits per heavy atom. The molecule has 18 heavy (non-hydrogen) atoms. The van der Waals surface area contributed by atoms with E-state index in [1.54, 1.807) is 0 Å². The molecule has 1 aromatic rings. The molecule has 1 aromatic carbocycles. The maximum Gasteiger partial charge on any atom is 0.244 e. The maximum atomic E-state index is 12.2. The number of hydrogen-bond acceptors (Lipinski definition) is 3. The number of anilines is 1. The summed E-state index contributed by atoms with van der Waals surface area (Å²) in [6.07, 6.45) is -0.105. The van der Waals surface area contributed by atoms with Crippen molar-refractivity contribution in [2.75, 3.05) is 18.5 Å². The largest absolute Gasteiger partial charge is 0.375 e. The second-order valence-corrected chi connectivity index (χ2v) is 5.26. The predicted molar refractivity (Wildman–Crippen MR) is 74.7 cm³/mol. The number of carbonyl (C=O) groups excluding carboxylic acids is 1. The van der Waals surface area contributed by atoms with Gasteiger partial charge in [-0.15, -0.1) is 0 Å². The minimum Gasteiger partial charge on any atom is -0.375 e. The molecule has 2 rings (SSSR count). The van der Waals surface area contributed by atoms with E-state index in [-0.39, 0.29) is 18.1 Å². The Kier molecular flexibility index (Phi) is 4.37. The Bertz CT molecular complexity index is 451. The first-order valence-corrected chi connectivity index (χ1v) is 6.80. The van der Waals surface area contributed by atoms with Crippen molar-refractivity contribution in [3.8, 4) is 0 Å². The zero-order chi connectivity index (χ0) is 13.1. The lowest BCUT2D eigenvalue weighted by molar-refractivity contribution is -0.123. The Labute approximate surface area is 115 Å². The minimum atomic E-state index is -0.294. The summed E-state index contributed by atoms with van der Waals surface area (Å²) in [5.74, 6) is -0.0524. The van der Waals surface area contributed by atoms with Crippen LogP contribution in [0.5, 0.6) is 0 Å². The summed E-state index contributed by atoms with van der Waals surface area (Å²) in [5, 5.41) is 6.11. The zero-order valence-electron chi connectivity index (χ0n) is 10.5. The van der Waals surface area contributed by atoms with Crippen LogP contribution in [-0.4, -0.2) is 31.2 Å². The third kappa shape index (κ3) is 2.91. The first-order chi connectivity index (χ1) is 8.59. The summed E-state index contributed by atoms with van der Waals surface area (Å²) in [7, 11) is 0. The van der Waals surface area contributed by atoms with Gasteiger partial charge in [-0.2, -0.15) is 0 Å². The summed E-state index contributed by atoms with van der Waals surface area (Å²) < 4.78 is 6.46. The molecule has 1 heterocycles. The van der Waals surface area contributed by atoms with Gasteiger partial charge in [0.25, 0.3) is 0 Å². The summed E-state index contributed by atoms with van der Waals surface area (Å²) in [4.78, 5) is 12.2. The fourth-order valence-electron chi connectivity index (χ4n) is 1.98. The van der Waals surface area contributed by atoms with E-state index in [1.807, 2.05) is 32.0 Å². The number of morpholine rings is 1. The number of ether oxygens (including phenoxy) is 1. The zero-order valence-corrected chi connectivity index (χ0v) is 12.1. The van der Waals surface area contributed by atoms with Crippen LogP contribution >= 0.6 is 15.9 Å². The average molecular weight is 313 g/mol. The van der Waals surface area contributed by atoms with Crippen LogP contribution in [0.1, 0.15) is 12.5 Å². The van der Waals surface area contributed by atoms with E-state index in [2.05, 4.69) is 26.6 Å². The number of nitrogens with one attached hydrogen (secondary N) is 2. The lowest BCUT2D eigenvalue weighted by Gasteiger charge is -2.29. The van der Waals surface area contributed by atoms with Gasteiger partial charge >= 0.3 is 0 Å². The lowest BCUT2D eigenvalue weighted by Crippen LogP contribution is -2.53. The standard InChI is InChI=1S/C13H17BrN2O2/c1-8-10(14)4-3-5-11(8)16-13(17)12-9(2)18-7-6-15-12/h3-5,9,12,15H,6-7H2,1-2H3,(H,16,17)/t9-,12+/m1/s1. The van der Waals surface area contributed by atoms with Crippen molar-refractivity contribution in [1.82, 2.24) is 5.32 Å². The van der Waals surface area contributed by atoms with E-state index in [0.717, 1.165) is 15.7 Å². The summed E-state index contributed by atoms with van der Waals surface area (Å²) in [6, 6.07) is 5.46. The molecule has 0 unspecified atom stereocenters. The van der Waals surface area contributed by atoms with E-state index < -0.39 is 0 Å². The Morgan fingerprint density at radius 3 is 3.06 bits per heavy atom. The van der Waals surface area contributed by atoms with Gasteiger partial charge in [-0.25, -0.2) is 0 Å². The number of halogens is 1. The molecule has 2 atom stereocenters. The van der Waals surface area contributed by atoms with Crippen molar-refractivity contribution < 1.29 is 9.53 Å². The summed E-state index contributed by atoms with van der Waals surface area (Å²) >= 11 is 3.45. The van der Waals surface area contributed by atoms with Gasteiger partial charge < -0.3 is 15.4 Å². The molecule has 0 bridgehead atoms. The molecule has 0 saturated carbocycles. The number of rotatable bonds is 2. The van der Waals surface area contributed by atoms with Gasteiger partial charge in [0.05, 0.1) is 12.7 Å². The monoisotopic (exact) mass is 312 g/mol. The van der Waals surface area contributed by atoms with Crippen LogP contribution in [0.2, 0.25) is 0 Å². The van der Waals surface area contributed by atoms with Crippen LogP contribution < -0.4 is 10.6 Å². The van der Waals surface area contributed by atoms with E-state index in [1.165, 1.54) is 0 Å². The summed E-state index contributed by atoms with van der Waals surface area (Å²) in [5.41, 5.74) is 1.85. The third-order valence-corrected chi connectivity index (χ3v) is 3.98. The van der Waals surface area contributed by atoms with Gasteiger partial charge in [0.15, 0.2) is 0 Å². The molecule has 1 saturated heterocycles. The molecule has 1 fully saturated rings. The van der Waals surface area contributed by atoms with Gasteiger partial charge in [0.1, 0.15) is 6.04 Å². The predicted octanol–water partition coefficient (Wildman–Crippen LogP) is 2.07. The second kappa shape index (κ2) is 5.82. The van der Waals surface area contributed by atoms with Crippen molar-refractivity contribution in [3.63, 3.8) is 0 Å². The molecule has 0 aromatic heterocycles. The first-order valence-electron chi connectivity index (χ1n) is 6.00. The van der Waals surface area contributed by atoms with Gasteiger partial charge in [-0.05, 0) is 31.5 Å². The Balaban J connectivity index is 2.09. The third-order valence-electron chi connectivity index (χ3n) is 3.12. The molecule has 1 aliphatic heterocycles. The van der Waals surface area contributed by atoms with Gasteiger partial charge in [-0.1, -0.05) is 22.0 Å².